The number of carboxylic acids is 1. The third-order valence-electron chi connectivity index (χ3n) is 2.00. The predicted octanol–water partition coefficient (Wildman–Crippen LogP) is -0.0612. The van der Waals surface area contributed by atoms with E-state index in [4.69, 9.17) is 5.11 Å². The molecular formula is C8H14N4O2. The predicted molar refractivity (Wildman–Crippen MR) is 49.7 cm³/mol. The number of aromatic nitrogens is 3. The SMILES string of the molecule is CC(NC(C)c1nncn1C)C(=O)O. The molecule has 0 radical (unpaired) electrons. The summed E-state index contributed by atoms with van der Waals surface area (Å²) in [7, 11) is 1.82. The minimum Gasteiger partial charge on any atom is -0.480 e. The number of nitrogens with one attached hydrogen (secondary N) is 1. The van der Waals surface area contributed by atoms with E-state index in [1.807, 2.05) is 14.0 Å². The molecule has 14 heavy (non-hydrogen) atoms. The summed E-state index contributed by atoms with van der Waals surface area (Å²) in [5.74, 6) is -0.155. The van der Waals surface area contributed by atoms with Crippen molar-refractivity contribution in [1.29, 1.82) is 0 Å². The van der Waals surface area contributed by atoms with Gasteiger partial charge in [-0.1, -0.05) is 0 Å². The Morgan fingerprint density at radius 3 is 2.71 bits per heavy atom. The standard InChI is InChI=1S/C8H14N4O2/c1-5(10-6(2)8(13)14)7-11-9-4-12(7)3/h4-6,10H,1-3H3,(H,13,14). The molecule has 0 bridgehead atoms. The first-order valence-corrected chi connectivity index (χ1v) is 4.35. The highest BCUT2D eigenvalue weighted by atomic mass is 16.4. The van der Waals surface area contributed by atoms with Crippen molar-refractivity contribution in [3.8, 4) is 0 Å². The van der Waals surface area contributed by atoms with E-state index in [0.29, 0.717) is 0 Å². The van der Waals surface area contributed by atoms with Crippen LogP contribution in [-0.4, -0.2) is 31.9 Å². The Balaban J connectivity index is 2.63. The Kier molecular flexibility index (Phi) is 3.19. The van der Waals surface area contributed by atoms with Crippen molar-refractivity contribution in [2.75, 3.05) is 0 Å². The Hall–Kier alpha value is -1.43. The van der Waals surface area contributed by atoms with Gasteiger partial charge in [-0.2, -0.15) is 0 Å². The lowest BCUT2D eigenvalue weighted by atomic mass is 10.2. The molecule has 2 unspecified atom stereocenters. The van der Waals surface area contributed by atoms with E-state index < -0.39 is 12.0 Å². The molecule has 0 saturated heterocycles. The maximum atomic E-state index is 10.6. The second-order valence-corrected chi connectivity index (χ2v) is 3.25. The molecule has 6 nitrogen and oxygen atoms in total. The highest BCUT2D eigenvalue weighted by molar-refractivity contribution is 5.72. The molecule has 0 spiro atoms. The van der Waals surface area contributed by atoms with Crippen LogP contribution in [0.1, 0.15) is 25.7 Å². The molecule has 0 aromatic carbocycles. The number of nitrogens with zero attached hydrogens (tertiary/aromatic N) is 3. The lowest BCUT2D eigenvalue weighted by Crippen LogP contribution is -2.36. The van der Waals surface area contributed by atoms with Crippen LogP contribution in [-0.2, 0) is 11.8 Å². The Bertz CT molecular complexity index is 323. The second kappa shape index (κ2) is 4.19. The number of hydrogen-bond donors (Lipinski definition) is 2. The second-order valence-electron chi connectivity index (χ2n) is 3.25. The van der Waals surface area contributed by atoms with Gasteiger partial charge in [0.15, 0.2) is 0 Å². The van der Waals surface area contributed by atoms with E-state index in [0.717, 1.165) is 5.82 Å². The summed E-state index contributed by atoms with van der Waals surface area (Å²) in [6.07, 6.45) is 1.58. The molecule has 0 aliphatic rings. The molecule has 0 aliphatic heterocycles. The van der Waals surface area contributed by atoms with Gasteiger partial charge in [-0.05, 0) is 13.8 Å². The molecule has 0 saturated carbocycles. The summed E-state index contributed by atoms with van der Waals surface area (Å²) in [5.41, 5.74) is 0. The van der Waals surface area contributed by atoms with Gasteiger partial charge >= 0.3 is 5.97 Å². The largest absolute Gasteiger partial charge is 0.480 e. The van der Waals surface area contributed by atoms with Crippen molar-refractivity contribution in [2.45, 2.75) is 25.9 Å². The highest BCUT2D eigenvalue weighted by Gasteiger charge is 2.17. The van der Waals surface area contributed by atoms with Crippen LogP contribution >= 0.6 is 0 Å². The molecule has 6 heteroatoms. The van der Waals surface area contributed by atoms with Crippen LogP contribution < -0.4 is 5.32 Å². The van der Waals surface area contributed by atoms with Gasteiger partial charge in [0, 0.05) is 7.05 Å². The third-order valence-corrected chi connectivity index (χ3v) is 2.00. The molecule has 1 aromatic heterocycles. The van der Waals surface area contributed by atoms with E-state index in [1.165, 1.54) is 0 Å². The zero-order chi connectivity index (χ0) is 10.7. The smallest absolute Gasteiger partial charge is 0.320 e. The quantitative estimate of drug-likeness (QED) is 0.708. The van der Waals surface area contributed by atoms with Gasteiger partial charge in [-0.25, -0.2) is 0 Å². The normalized spacial score (nSPS) is 15.1. The summed E-state index contributed by atoms with van der Waals surface area (Å²) in [6, 6.07) is -0.727. The molecule has 1 heterocycles. The Labute approximate surface area is 82.0 Å². The van der Waals surface area contributed by atoms with Crippen LogP contribution in [0.25, 0.3) is 0 Å². The number of aryl methyl sites for hydroxylation is 1. The molecule has 0 amide bonds. The summed E-state index contributed by atoms with van der Waals surface area (Å²) < 4.78 is 1.76. The fourth-order valence-corrected chi connectivity index (χ4v) is 1.21. The zero-order valence-electron chi connectivity index (χ0n) is 8.43. The van der Waals surface area contributed by atoms with Gasteiger partial charge in [-0.15, -0.1) is 10.2 Å². The van der Waals surface area contributed by atoms with Gasteiger partial charge in [0.25, 0.3) is 0 Å². The molecule has 2 N–H and O–H groups in total. The van der Waals surface area contributed by atoms with Gasteiger partial charge in [0.2, 0.25) is 0 Å². The van der Waals surface area contributed by atoms with E-state index in [9.17, 15) is 4.79 Å². The van der Waals surface area contributed by atoms with Crippen molar-refractivity contribution in [3.63, 3.8) is 0 Å². The molecule has 78 valence electrons. The molecule has 2 atom stereocenters. The third kappa shape index (κ3) is 2.29. The average Bonchev–Trinajstić information content (AvgIpc) is 2.51. The number of carbonyl (C=O) groups is 1. The minimum atomic E-state index is -0.876. The molecular weight excluding hydrogens is 184 g/mol. The van der Waals surface area contributed by atoms with Crippen molar-refractivity contribution in [1.82, 2.24) is 20.1 Å². The molecule has 0 aliphatic carbocycles. The van der Waals surface area contributed by atoms with Crippen molar-refractivity contribution in [3.05, 3.63) is 12.2 Å². The lowest BCUT2D eigenvalue weighted by Gasteiger charge is -2.15. The topological polar surface area (TPSA) is 80.0 Å². The number of carboxylic acid groups (broad SMARTS) is 1. The van der Waals surface area contributed by atoms with Crippen molar-refractivity contribution < 1.29 is 9.90 Å². The van der Waals surface area contributed by atoms with Crippen molar-refractivity contribution in [2.24, 2.45) is 7.05 Å². The fourth-order valence-electron chi connectivity index (χ4n) is 1.21. The molecule has 1 rings (SSSR count). The number of hydrogen-bond acceptors (Lipinski definition) is 4. The van der Waals surface area contributed by atoms with Crippen LogP contribution in [0.15, 0.2) is 6.33 Å². The summed E-state index contributed by atoms with van der Waals surface area (Å²) in [6.45, 7) is 3.44. The fraction of sp³-hybridized carbons (Fsp3) is 0.625. The summed E-state index contributed by atoms with van der Waals surface area (Å²) in [4.78, 5) is 10.6. The lowest BCUT2D eigenvalue weighted by molar-refractivity contribution is -0.139. The average molecular weight is 198 g/mol. The number of aliphatic carboxylic acids is 1. The van der Waals surface area contributed by atoms with Crippen LogP contribution in [0.4, 0.5) is 0 Å². The first kappa shape index (κ1) is 10.6. The molecule has 0 fully saturated rings. The van der Waals surface area contributed by atoms with Gasteiger partial charge in [0.1, 0.15) is 18.2 Å². The summed E-state index contributed by atoms with van der Waals surface area (Å²) >= 11 is 0. The molecule has 1 aromatic rings. The van der Waals surface area contributed by atoms with Crippen molar-refractivity contribution >= 4 is 5.97 Å². The van der Waals surface area contributed by atoms with Crippen LogP contribution in [0.2, 0.25) is 0 Å². The summed E-state index contributed by atoms with van der Waals surface area (Å²) in [5, 5.41) is 19.2. The van der Waals surface area contributed by atoms with Crippen LogP contribution in [0, 0.1) is 0 Å². The van der Waals surface area contributed by atoms with Crippen LogP contribution in [0.3, 0.4) is 0 Å². The van der Waals surface area contributed by atoms with Gasteiger partial charge in [-0.3, -0.25) is 10.1 Å². The Morgan fingerprint density at radius 2 is 2.29 bits per heavy atom. The van der Waals surface area contributed by atoms with Gasteiger partial charge < -0.3 is 9.67 Å². The van der Waals surface area contributed by atoms with E-state index in [2.05, 4.69) is 15.5 Å². The number of rotatable bonds is 4. The highest BCUT2D eigenvalue weighted by Crippen LogP contribution is 2.07. The van der Waals surface area contributed by atoms with E-state index in [1.54, 1.807) is 17.8 Å². The Morgan fingerprint density at radius 1 is 1.64 bits per heavy atom. The first-order chi connectivity index (χ1) is 6.52. The minimum absolute atomic E-state index is 0.131. The maximum Gasteiger partial charge on any atom is 0.320 e. The van der Waals surface area contributed by atoms with Gasteiger partial charge in [0.05, 0.1) is 6.04 Å². The first-order valence-electron chi connectivity index (χ1n) is 4.35. The zero-order valence-corrected chi connectivity index (χ0v) is 8.43. The van der Waals surface area contributed by atoms with E-state index in [-0.39, 0.29) is 6.04 Å². The van der Waals surface area contributed by atoms with Crippen LogP contribution in [0.5, 0.6) is 0 Å². The van der Waals surface area contributed by atoms with E-state index >= 15 is 0 Å². The monoisotopic (exact) mass is 198 g/mol. The maximum absolute atomic E-state index is 10.6.